The van der Waals surface area contributed by atoms with Gasteiger partial charge in [0.1, 0.15) is 0 Å². The standard InChI is InChI=1S/C18H20ClN3O.ClH/c1-20(2)10-11-22-17-12-13(19)8-9-16(17)21(3)15-7-5-4-6-14(15)18(22)23;/h4-9,12H,10-11H2,1-3H3;1H. The van der Waals surface area contributed by atoms with Gasteiger partial charge in [-0.05, 0) is 44.4 Å². The molecule has 0 atom stereocenters. The Labute approximate surface area is 154 Å². The van der Waals surface area contributed by atoms with Crippen molar-refractivity contribution in [3.63, 3.8) is 0 Å². The summed E-state index contributed by atoms with van der Waals surface area (Å²) in [6.07, 6.45) is 0. The van der Waals surface area contributed by atoms with E-state index in [0.717, 1.165) is 23.6 Å². The van der Waals surface area contributed by atoms with Crippen LogP contribution in [0.2, 0.25) is 5.02 Å². The van der Waals surface area contributed by atoms with Crippen molar-refractivity contribution < 1.29 is 4.79 Å². The Hall–Kier alpha value is -1.75. The lowest BCUT2D eigenvalue weighted by Gasteiger charge is -2.26. The number of halogens is 2. The van der Waals surface area contributed by atoms with Gasteiger partial charge in [0.15, 0.2) is 0 Å². The first-order chi connectivity index (χ1) is 11.0. The van der Waals surface area contributed by atoms with Crippen LogP contribution in [0.3, 0.4) is 0 Å². The Balaban J connectivity index is 0.00000208. The summed E-state index contributed by atoms with van der Waals surface area (Å²) in [6, 6.07) is 13.4. The third-order valence-corrected chi connectivity index (χ3v) is 4.34. The smallest absolute Gasteiger partial charge is 0.260 e. The van der Waals surface area contributed by atoms with Crippen molar-refractivity contribution >= 4 is 47.0 Å². The fourth-order valence-electron chi connectivity index (χ4n) is 2.85. The van der Waals surface area contributed by atoms with Crippen LogP contribution in [0.25, 0.3) is 0 Å². The number of likely N-dealkylation sites (N-methyl/N-ethyl adjacent to an activating group) is 1. The third kappa shape index (κ3) is 3.36. The third-order valence-electron chi connectivity index (χ3n) is 4.10. The van der Waals surface area contributed by atoms with Gasteiger partial charge in [-0.2, -0.15) is 0 Å². The summed E-state index contributed by atoms with van der Waals surface area (Å²) in [5, 5.41) is 0.630. The van der Waals surface area contributed by atoms with Crippen molar-refractivity contribution in [1.29, 1.82) is 0 Å². The van der Waals surface area contributed by atoms with Gasteiger partial charge < -0.3 is 14.7 Å². The van der Waals surface area contributed by atoms with Crippen molar-refractivity contribution in [2.45, 2.75) is 0 Å². The topological polar surface area (TPSA) is 26.8 Å². The monoisotopic (exact) mass is 365 g/mol. The average molecular weight is 366 g/mol. The number of carbonyl (C=O) groups is 1. The summed E-state index contributed by atoms with van der Waals surface area (Å²) in [7, 11) is 5.98. The number of carbonyl (C=O) groups excluding carboxylic acids is 1. The Morgan fingerprint density at radius 2 is 1.75 bits per heavy atom. The fraction of sp³-hybridized carbons (Fsp3) is 0.278. The quantitative estimate of drug-likeness (QED) is 0.820. The SMILES string of the molecule is CN(C)CCN1C(=O)c2ccccc2N(C)c2ccc(Cl)cc21.Cl. The molecule has 6 heteroatoms. The highest BCUT2D eigenvalue weighted by molar-refractivity contribution is 6.31. The molecule has 0 N–H and O–H groups in total. The first-order valence-electron chi connectivity index (χ1n) is 7.58. The van der Waals surface area contributed by atoms with E-state index in [1.165, 1.54) is 0 Å². The maximum atomic E-state index is 13.1. The fourth-order valence-corrected chi connectivity index (χ4v) is 3.02. The molecular weight excluding hydrogens is 345 g/mol. The van der Waals surface area contributed by atoms with Crippen LogP contribution in [-0.4, -0.2) is 45.0 Å². The highest BCUT2D eigenvalue weighted by Crippen LogP contribution is 2.40. The van der Waals surface area contributed by atoms with Crippen LogP contribution in [0.5, 0.6) is 0 Å². The molecule has 0 aromatic heterocycles. The molecule has 0 saturated heterocycles. The van der Waals surface area contributed by atoms with Gasteiger partial charge >= 0.3 is 0 Å². The first kappa shape index (κ1) is 18.6. The highest BCUT2D eigenvalue weighted by atomic mass is 35.5. The van der Waals surface area contributed by atoms with Crippen LogP contribution >= 0.6 is 24.0 Å². The zero-order valence-electron chi connectivity index (χ0n) is 14.0. The lowest BCUT2D eigenvalue weighted by atomic mass is 10.1. The lowest BCUT2D eigenvalue weighted by Crippen LogP contribution is -2.36. The molecule has 24 heavy (non-hydrogen) atoms. The summed E-state index contributed by atoms with van der Waals surface area (Å²) in [6.45, 7) is 1.39. The largest absolute Gasteiger partial charge is 0.342 e. The molecule has 0 saturated carbocycles. The maximum Gasteiger partial charge on any atom is 0.260 e. The molecule has 1 heterocycles. The maximum absolute atomic E-state index is 13.1. The predicted octanol–water partition coefficient (Wildman–Crippen LogP) is 4.05. The van der Waals surface area contributed by atoms with Crippen LogP contribution in [0, 0.1) is 0 Å². The molecule has 1 amide bonds. The van der Waals surface area contributed by atoms with E-state index >= 15 is 0 Å². The van der Waals surface area contributed by atoms with Crippen molar-refractivity contribution in [1.82, 2.24) is 4.90 Å². The second-order valence-corrected chi connectivity index (χ2v) is 6.41. The van der Waals surface area contributed by atoms with E-state index in [2.05, 4.69) is 9.80 Å². The summed E-state index contributed by atoms with van der Waals surface area (Å²) < 4.78 is 0. The van der Waals surface area contributed by atoms with Crippen molar-refractivity contribution in [3.8, 4) is 0 Å². The molecule has 3 rings (SSSR count). The molecule has 0 spiro atoms. The van der Waals surface area contributed by atoms with Crippen LogP contribution in [0.1, 0.15) is 10.4 Å². The number of hydrogen-bond donors (Lipinski definition) is 0. The van der Waals surface area contributed by atoms with Crippen LogP contribution in [-0.2, 0) is 0 Å². The van der Waals surface area contributed by atoms with E-state index in [0.29, 0.717) is 17.1 Å². The molecule has 0 radical (unpaired) electrons. The molecule has 1 aliphatic rings. The van der Waals surface area contributed by atoms with E-state index in [9.17, 15) is 4.79 Å². The van der Waals surface area contributed by atoms with E-state index in [-0.39, 0.29) is 18.3 Å². The number of anilines is 3. The Bertz CT molecular complexity index is 749. The van der Waals surface area contributed by atoms with Gasteiger partial charge in [-0.25, -0.2) is 0 Å². The summed E-state index contributed by atoms with van der Waals surface area (Å²) in [4.78, 5) is 19.0. The van der Waals surface area contributed by atoms with E-state index in [1.807, 2.05) is 68.5 Å². The normalized spacial score (nSPS) is 13.3. The average Bonchev–Trinajstić information content (AvgIpc) is 2.61. The Kier molecular flexibility index (Phi) is 5.75. The molecule has 0 aliphatic carbocycles. The molecular formula is C18H21Cl2N3O. The van der Waals surface area contributed by atoms with Crippen LogP contribution in [0.4, 0.5) is 17.1 Å². The van der Waals surface area contributed by atoms with Gasteiger partial charge in [0.2, 0.25) is 0 Å². The van der Waals surface area contributed by atoms with Gasteiger partial charge in [0, 0.05) is 25.2 Å². The number of benzene rings is 2. The Morgan fingerprint density at radius 3 is 2.46 bits per heavy atom. The van der Waals surface area contributed by atoms with Gasteiger partial charge in [-0.3, -0.25) is 4.79 Å². The number of rotatable bonds is 3. The minimum absolute atomic E-state index is 0. The molecule has 0 bridgehead atoms. The van der Waals surface area contributed by atoms with Crippen LogP contribution in [0.15, 0.2) is 42.5 Å². The molecule has 2 aromatic carbocycles. The number of nitrogens with zero attached hydrogens (tertiary/aromatic N) is 3. The summed E-state index contributed by atoms with van der Waals surface area (Å²) in [5.41, 5.74) is 3.45. The van der Waals surface area contributed by atoms with Gasteiger partial charge in [0.25, 0.3) is 5.91 Å². The minimum atomic E-state index is 0. The van der Waals surface area contributed by atoms with Crippen LogP contribution < -0.4 is 9.80 Å². The molecule has 2 aromatic rings. The van der Waals surface area contributed by atoms with E-state index in [1.54, 1.807) is 0 Å². The van der Waals surface area contributed by atoms with Gasteiger partial charge in [-0.1, -0.05) is 23.7 Å². The zero-order valence-corrected chi connectivity index (χ0v) is 15.6. The molecule has 128 valence electrons. The minimum Gasteiger partial charge on any atom is -0.342 e. The molecule has 1 aliphatic heterocycles. The lowest BCUT2D eigenvalue weighted by molar-refractivity contribution is 0.0986. The molecule has 0 fully saturated rings. The number of para-hydroxylation sites is 1. The van der Waals surface area contributed by atoms with Crippen molar-refractivity contribution in [2.75, 3.05) is 44.0 Å². The first-order valence-corrected chi connectivity index (χ1v) is 7.95. The van der Waals surface area contributed by atoms with Crippen molar-refractivity contribution in [2.24, 2.45) is 0 Å². The zero-order chi connectivity index (χ0) is 16.6. The second-order valence-electron chi connectivity index (χ2n) is 5.97. The molecule has 0 unspecified atom stereocenters. The summed E-state index contributed by atoms with van der Waals surface area (Å²) >= 11 is 6.20. The molecule has 4 nitrogen and oxygen atoms in total. The number of amides is 1. The highest BCUT2D eigenvalue weighted by Gasteiger charge is 2.29. The van der Waals surface area contributed by atoms with E-state index in [4.69, 9.17) is 11.6 Å². The number of hydrogen-bond acceptors (Lipinski definition) is 3. The Morgan fingerprint density at radius 1 is 1.04 bits per heavy atom. The summed E-state index contributed by atoms with van der Waals surface area (Å²) in [5.74, 6) is 0.00955. The van der Waals surface area contributed by atoms with E-state index < -0.39 is 0 Å². The number of fused-ring (bicyclic) bond motifs is 2. The second kappa shape index (κ2) is 7.43. The van der Waals surface area contributed by atoms with Crippen molar-refractivity contribution in [3.05, 3.63) is 53.1 Å². The van der Waals surface area contributed by atoms with Gasteiger partial charge in [-0.15, -0.1) is 12.4 Å². The predicted molar refractivity (Wildman–Crippen MR) is 103 cm³/mol. The van der Waals surface area contributed by atoms with Gasteiger partial charge in [0.05, 0.1) is 22.6 Å².